The van der Waals surface area contributed by atoms with Crippen molar-refractivity contribution in [2.45, 2.75) is 205 Å². The summed E-state index contributed by atoms with van der Waals surface area (Å²) in [7, 11) is 0. The molecule has 2 bridgehead atoms. The second-order valence-corrected chi connectivity index (χ2v) is 16.3. The molecule has 0 radical (unpaired) electrons. The summed E-state index contributed by atoms with van der Waals surface area (Å²) in [5.74, 6) is 6.91. The van der Waals surface area contributed by atoms with E-state index in [1.54, 1.807) is 116 Å². The number of rotatable bonds is 1. The molecule has 0 amide bonds. The summed E-state index contributed by atoms with van der Waals surface area (Å²) in [4.78, 5) is 0. The maximum Gasteiger partial charge on any atom is -0.0297 e. The van der Waals surface area contributed by atoms with Gasteiger partial charge in [0, 0.05) is 0 Å². The van der Waals surface area contributed by atoms with Crippen LogP contribution in [0.15, 0.2) is 0 Å². The molecule has 0 heteroatoms. The minimum atomic E-state index is 0.873. The predicted molar refractivity (Wildman–Crippen MR) is 171 cm³/mol. The fraction of sp³-hybridized carbons (Fsp3) is 1.00. The fourth-order valence-electron chi connectivity index (χ4n) is 11.1. The van der Waals surface area contributed by atoms with Crippen molar-refractivity contribution in [3.63, 3.8) is 0 Å². The molecule has 0 aliphatic heterocycles. The van der Waals surface area contributed by atoms with Gasteiger partial charge in [-0.25, -0.2) is 0 Å². The molecule has 9 rings (SSSR count). The summed E-state index contributed by atoms with van der Waals surface area (Å²) in [5.41, 5.74) is 0.873. The molecule has 0 heterocycles. The molecule has 0 aromatic carbocycles. The summed E-state index contributed by atoms with van der Waals surface area (Å²) in [6, 6.07) is 0. The van der Waals surface area contributed by atoms with Gasteiger partial charge in [0.1, 0.15) is 0 Å². The highest BCUT2D eigenvalue weighted by molar-refractivity contribution is 4.87. The molecule has 1 spiro atoms. The fourth-order valence-corrected chi connectivity index (χ4v) is 11.1. The third-order valence-corrected chi connectivity index (χ3v) is 13.7. The Kier molecular flexibility index (Phi) is 13.0. The zero-order chi connectivity index (χ0) is 26.6. The maximum atomic E-state index is 1.56. The minimum Gasteiger partial charge on any atom is -0.0533 e. The zero-order valence-electron chi connectivity index (χ0n) is 26.6. The molecule has 0 nitrogen and oxygen atoms in total. The Hall–Kier alpha value is 0. The van der Waals surface area contributed by atoms with E-state index in [2.05, 4.69) is 0 Å². The first-order valence-electron chi connectivity index (χ1n) is 19.3. The average Bonchev–Trinajstić information content (AvgIpc) is 3.77. The molecule has 2 atom stereocenters. The molecule has 9 fully saturated rings. The van der Waals surface area contributed by atoms with Gasteiger partial charge in [0.2, 0.25) is 0 Å². The topological polar surface area (TPSA) is 0 Å². The van der Waals surface area contributed by atoms with Gasteiger partial charge in [0.15, 0.2) is 0 Å². The Morgan fingerprint density at radius 2 is 0.487 bits per heavy atom. The number of hydrogen-bond acceptors (Lipinski definition) is 0. The Balaban J connectivity index is 0.000000106. The van der Waals surface area contributed by atoms with E-state index in [9.17, 15) is 0 Å². The van der Waals surface area contributed by atoms with Gasteiger partial charge in [-0.2, -0.15) is 0 Å². The molecule has 39 heavy (non-hydrogen) atoms. The van der Waals surface area contributed by atoms with Crippen LogP contribution in [0.5, 0.6) is 0 Å². The van der Waals surface area contributed by atoms with E-state index in [0.29, 0.717) is 0 Å². The normalized spacial score (nSPS) is 36.0. The van der Waals surface area contributed by atoms with Crippen molar-refractivity contribution in [2.24, 2.45) is 40.9 Å². The van der Waals surface area contributed by atoms with Crippen molar-refractivity contribution in [3.05, 3.63) is 0 Å². The van der Waals surface area contributed by atoms with Gasteiger partial charge < -0.3 is 0 Å². The Morgan fingerprint density at radius 3 is 0.821 bits per heavy atom. The van der Waals surface area contributed by atoms with Gasteiger partial charge in [-0.05, 0) is 66.6 Å². The minimum absolute atomic E-state index is 0.873. The van der Waals surface area contributed by atoms with Crippen molar-refractivity contribution in [2.75, 3.05) is 0 Å². The van der Waals surface area contributed by atoms with E-state index in [1.165, 1.54) is 102 Å². The molecule has 9 aliphatic carbocycles. The smallest absolute Gasteiger partial charge is 0.0297 e. The second kappa shape index (κ2) is 16.6. The van der Waals surface area contributed by atoms with E-state index in [4.69, 9.17) is 0 Å². The lowest BCUT2D eigenvalue weighted by molar-refractivity contribution is 0.176. The number of hydrogen-bond donors (Lipinski definition) is 0. The van der Waals surface area contributed by atoms with Gasteiger partial charge in [0.25, 0.3) is 0 Å². The SMILES string of the molecule is C1CC2CCC1CC2.C1CCC2(CC1)CCCC2.C1CCC2CCCC2C1.C1CCCC(C2CCCC2)CC1. The quantitative estimate of drug-likeness (QED) is 0.291. The van der Waals surface area contributed by atoms with E-state index in [1.807, 2.05) is 0 Å². The molecule has 9 saturated carbocycles. The Labute approximate surface area is 246 Å². The molecule has 226 valence electrons. The first-order valence-corrected chi connectivity index (χ1v) is 19.3. The molecule has 2 unspecified atom stereocenters. The zero-order valence-corrected chi connectivity index (χ0v) is 26.6. The summed E-state index contributed by atoms with van der Waals surface area (Å²) >= 11 is 0. The van der Waals surface area contributed by atoms with Crippen molar-refractivity contribution in [3.8, 4) is 0 Å². The van der Waals surface area contributed by atoms with Crippen LogP contribution in [0.1, 0.15) is 205 Å². The van der Waals surface area contributed by atoms with Crippen LogP contribution in [0.3, 0.4) is 0 Å². The summed E-state index contributed by atoms with van der Waals surface area (Å²) in [5, 5.41) is 0. The molecule has 0 aromatic rings. The Morgan fingerprint density at radius 1 is 0.231 bits per heavy atom. The molecule has 0 aromatic heterocycles. The van der Waals surface area contributed by atoms with Crippen LogP contribution < -0.4 is 0 Å². The van der Waals surface area contributed by atoms with Gasteiger partial charge >= 0.3 is 0 Å². The van der Waals surface area contributed by atoms with Gasteiger partial charge in [-0.1, -0.05) is 180 Å². The second-order valence-electron chi connectivity index (χ2n) is 16.3. The molecule has 0 N–H and O–H groups in total. The summed E-state index contributed by atoms with van der Waals surface area (Å²) in [6.07, 6.45) is 49.5. The van der Waals surface area contributed by atoms with E-state index >= 15 is 0 Å². The van der Waals surface area contributed by atoms with Crippen LogP contribution in [0, 0.1) is 40.9 Å². The standard InChI is InChI=1S/C12H22.C10H18.C9H16.C8H14/c1-2-4-8-11(7-3-1)12-9-5-6-10-12;1-2-6-10(7-3-1)8-4-5-9-10;1-2-5-9-7-3-6-8(9)4-1;1-2-8-5-3-7(1)4-6-8/h11-12H,1-10H2;1-9H2;8-9H,1-7H2;7-8H,1-6H2. The highest BCUT2D eigenvalue weighted by Crippen LogP contribution is 2.48. The van der Waals surface area contributed by atoms with E-state index in [-0.39, 0.29) is 0 Å². The van der Waals surface area contributed by atoms with Crippen molar-refractivity contribution >= 4 is 0 Å². The van der Waals surface area contributed by atoms with Crippen LogP contribution in [-0.4, -0.2) is 0 Å². The predicted octanol–water partition coefficient (Wildman–Crippen LogP) is 13.2. The summed E-state index contributed by atoms with van der Waals surface area (Å²) < 4.78 is 0. The van der Waals surface area contributed by atoms with Crippen LogP contribution in [0.25, 0.3) is 0 Å². The van der Waals surface area contributed by atoms with Crippen LogP contribution in [-0.2, 0) is 0 Å². The largest absolute Gasteiger partial charge is 0.0533 e. The van der Waals surface area contributed by atoms with Gasteiger partial charge in [-0.15, -0.1) is 0 Å². The van der Waals surface area contributed by atoms with Crippen molar-refractivity contribution in [1.29, 1.82) is 0 Å². The van der Waals surface area contributed by atoms with Gasteiger partial charge in [-0.3, -0.25) is 0 Å². The van der Waals surface area contributed by atoms with Crippen LogP contribution in [0.2, 0.25) is 0 Å². The van der Waals surface area contributed by atoms with Crippen molar-refractivity contribution in [1.82, 2.24) is 0 Å². The van der Waals surface area contributed by atoms with E-state index in [0.717, 1.165) is 29.1 Å². The van der Waals surface area contributed by atoms with E-state index < -0.39 is 0 Å². The lowest BCUT2D eigenvalue weighted by Gasteiger charge is -2.35. The lowest BCUT2D eigenvalue weighted by atomic mass is 9.71. The Bertz CT molecular complexity index is 577. The maximum absolute atomic E-state index is 1.56. The average molecular weight is 539 g/mol. The van der Waals surface area contributed by atoms with Gasteiger partial charge in [0.05, 0.1) is 0 Å². The third kappa shape index (κ3) is 9.77. The molecular formula is C39H70. The first kappa shape index (κ1) is 30.5. The molecule has 0 saturated heterocycles. The van der Waals surface area contributed by atoms with Crippen LogP contribution >= 0.6 is 0 Å². The number of fused-ring (bicyclic) bond motifs is 4. The molecule has 9 aliphatic rings. The third-order valence-electron chi connectivity index (χ3n) is 13.7. The lowest BCUT2D eigenvalue weighted by Crippen LogP contribution is -2.21. The summed E-state index contributed by atoms with van der Waals surface area (Å²) in [6.45, 7) is 0. The highest BCUT2D eigenvalue weighted by atomic mass is 14.4. The highest BCUT2D eigenvalue weighted by Gasteiger charge is 2.34. The molecular weight excluding hydrogens is 468 g/mol. The monoisotopic (exact) mass is 539 g/mol. The first-order chi connectivity index (χ1) is 19.3. The van der Waals surface area contributed by atoms with Crippen LogP contribution in [0.4, 0.5) is 0 Å². The van der Waals surface area contributed by atoms with Crippen molar-refractivity contribution < 1.29 is 0 Å².